The summed E-state index contributed by atoms with van der Waals surface area (Å²) in [7, 11) is 1.60. The van der Waals surface area contributed by atoms with Gasteiger partial charge in [-0.15, -0.1) is 0 Å². The van der Waals surface area contributed by atoms with E-state index < -0.39 is 0 Å². The number of amides is 1. The molecule has 0 atom stereocenters. The Morgan fingerprint density at radius 2 is 1.65 bits per heavy atom. The molecule has 0 spiro atoms. The first-order valence-corrected chi connectivity index (χ1v) is 12.6. The molecule has 0 unspecified atom stereocenters. The molecule has 0 saturated heterocycles. The van der Waals surface area contributed by atoms with Crippen molar-refractivity contribution in [2.45, 2.75) is 11.9 Å². The van der Waals surface area contributed by atoms with Crippen molar-refractivity contribution in [3.05, 3.63) is 95.0 Å². The maximum Gasteiger partial charge on any atom is 0.234 e. The zero-order valence-corrected chi connectivity index (χ0v) is 21.7. The number of ether oxygens (including phenoxy) is 1. The lowest BCUT2D eigenvalue weighted by atomic mass is 9.99. The summed E-state index contributed by atoms with van der Waals surface area (Å²) in [5, 5.41) is 13.9. The van der Waals surface area contributed by atoms with Crippen molar-refractivity contribution in [2.24, 2.45) is 0 Å². The fraction of sp³-hybridized carbons (Fsp3) is 0.103. The third kappa shape index (κ3) is 6.36. The highest BCUT2D eigenvalue weighted by molar-refractivity contribution is 8.00. The molecule has 4 aromatic rings. The Balaban J connectivity index is 1.65. The molecule has 0 aliphatic rings. The lowest BCUT2D eigenvalue weighted by Crippen LogP contribution is -2.14. The van der Waals surface area contributed by atoms with Crippen LogP contribution in [0.4, 0.5) is 5.69 Å². The molecule has 0 aliphatic heterocycles. The average molecular weight is 528 g/mol. The van der Waals surface area contributed by atoms with Crippen LogP contribution in [0.2, 0.25) is 5.02 Å². The number of benzene rings is 3. The van der Waals surface area contributed by atoms with Gasteiger partial charge in [-0.2, -0.15) is 5.26 Å². The fourth-order valence-corrected chi connectivity index (χ4v) is 4.55. The van der Waals surface area contributed by atoms with E-state index in [1.165, 1.54) is 18.7 Å². The van der Waals surface area contributed by atoms with Crippen LogP contribution < -0.4 is 10.1 Å². The number of methoxy groups -OCH3 is 1. The van der Waals surface area contributed by atoms with E-state index in [1.807, 2.05) is 42.5 Å². The minimum Gasteiger partial charge on any atom is -0.497 e. The number of anilines is 1. The van der Waals surface area contributed by atoms with Crippen molar-refractivity contribution in [1.29, 1.82) is 5.26 Å². The highest BCUT2D eigenvalue weighted by Crippen LogP contribution is 2.35. The minimum atomic E-state index is -0.255. The van der Waals surface area contributed by atoms with E-state index in [0.29, 0.717) is 38.1 Å². The molecular formula is C29H22ClN3O3S. The van der Waals surface area contributed by atoms with Gasteiger partial charge in [-0.25, -0.2) is 4.98 Å². The summed E-state index contributed by atoms with van der Waals surface area (Å²) in [5.74, 6) is 0.464. The van der Waals surface area contributed by atoms with Crippen molar-refractivity contribution in [2.75, 3.05) is 18.2 Å². The third-order valence-corrected chi connectivity index (χ3v) is 6.78. The van der Waals surface area contributed by atoms with Gasteiger partial charge >= 0.3 is 0 Å². The zero-order valence-electron chi connectivity index (χ0n) is 20.1. The number of carbonyl (C=O) groups excluding carboxylic acids is 2. The van der Waals surface area contributed by atoms with Crippen LogP contribution in [0.15, 0.2) is 83.9 Å². The fourth-order valence-electron chi connectivity index (χ4n) is 3.62. The van der Waals surface area contributed by atoms with Gasteiger partial charge in [0.15, 0.2) is 5.78 Å². The van der Waals surface area contributed by atoms with E-state index in [0.717, 1.165) is 16.9 Å². The lowest BCUT2D eigenvalue weighted by Gasteiger charge is -2.13. The molecular weight excluding hydrogens is 506 g/mol. The largest absolute Gasteiger partial charge is 0.497 e. The molecule has 0 fully saturated rings. The van der Waals surface area contributed by atoms with Crippen LogP contribution in [-0.4, -0.2) is 29.5 Å². The van der Waals surface area contributed by atoms with Crippen molar-refractivity contribution in [3.63, 3.8) is 0 Å². The Kier molecular flexibility index (Phi) is 8.24. The number of aromatic nitrogens is 1. The van der Waals surface area contributed by atoms with Gasteiger partial charge in [0.05, 0.1) is 24.1 Å². The summed E-state index contributed by atoms with van der Waals surface area (Å²) in [5.41, 5.74) is 4.55. The Morgan fingerprint density at radius 3 is 2.24 bits per heavy atom. The van der Waals surface area contributed by atoms with E-state index in [9.17, 15) is 14.9 Å². The topological polar surface area (TPSA) is 92.1 Å². The van der Waals surface area contributed by atoms with E-state index in [4.69, 9.17) is 21.3 Å². The summed E-state index contributed by atoms with van der Waals surface area (Å²) >= 11 is 7.27. The van der Waals surface area contributed by atoms with Crippen LogP contribution in [0.1, 0.15) is 22.8 Å². The van der Waals surface area contributed by atoms with Gasteiger partial charge in [0.2, 0.25) is 5.91 Å². The number of halogens is 1. The molecule has 37 heavy (non-hydrogen) atoms. The van der Waals surface area contributed by atoms with Crippen LogP contribution in [0.25, 0.3) is 22.4 Å². The van der Waals surface area contributed by atoms with Gasteiger partial charge in [0.25, 0.3) is 0 Å². The van der Waals surface area contributed by atoms with Gasteiger partial charge in [0, 0.05) is 27.4 Å². The third-order valence-electron chi connectivity index (χ3n) is 5.55. The number of ketones is 1. The van der Waals surface area contributed by atoms with Crippen LogP contribution in [-0.2, 0) is 4.79 Å². The van der Waals surface area contributed by atoms with Gasteiger partial charge in [-0.3, -0.25) is 9.59 Å². The highest BCUT2D eigenvalue weighted by Gasteiger charge is 2.17. The average Bonchev–Trinajstić information content (AvgIpc) is 2.92. The molecule has 0 bridgehead atoms. The standard InChI is InChI=1S/C29H22ClN3O3S/c1-18(34)19-5-11-23(12-6-19)32-28(35)17-37-29-26(16-31)25(20-3-9-22(30)10-4-20)15-27(33-29)21-7-13-24(36-2)14-8-21/h3-15H,17H2,1-2H3,(H,32,35). The second-order valence-electron chi connectivity index (χ2n) is 8.05. The number of rotatable bonds is 8. The molecule has 1 aromatic heterocycles. The van der Waals surface area contributed by atoms with Gasteiger partial charge in [0.1, 0.15) is 16.8 Å². The predicted octanol–water partition coefficient (Wildman–Crippen LogP) is 6.88. The second-order valence-corrected chi connectivity index (χ2v) is 9.45. The van der Waals surface area contributed by atoms with E-state index >= 15 is 0 Å². The highest BCUT2D eigenvalue weighted by atomic mass is 35.5. The predicted molar refractivity (Wildman–Crippen MR) is 147 cm³/mol. The summed E-state index contributed by atoms with van der Waals surface area (Å²) in [6, 6.07) is 25.5. The van der Waals surface area contributed by atoms with Crippen LogP contribution in [0.3, 0.4) is 0 Å². The van der Waals surface area contributed by atoms with Crippen molar-refractivity contribution < 1.29 is 14.3 Å². The first-order chi connectivity index (χ1) is 17.9. The number of nitriles is 1. The number of nitrogens with zero attached hydrogens (tertiary/aromatic N) is 2. The SMILES string of the molecule is COc1ccc(-c2cc(-c3ccc(Cl)cc3)c(C#N)c(SCC(=O)Nc3ccc(C(C)=O)cc3)n2)cc1. The summed E-state index contributed by atoms with van der Waals surface area (Å²) in [4.78, 5) is 28.9. The van der Waals surface area contributed by atoms with Crippen molar-refractivity contribution in [3.8, 4) is 34.2 Å². The summed E-state index contributed by atoms with van der Waals surface area (Å²) < 4.78 is 5.26. The number of Topliss-reactive ketones (excluding diaryl/α,β-unsaturated/α-hetero) is 1. The van der Waals surface area contributed by atoms with Crippen molar-refractivity contribution >= 4 is 40.7 Å². The smallest absolute Gasteiger partial charge is 0.234 e. The van der Waals surface area contributed by atoms with Crippen LogP contribution in [0.5, 0.6) is 5.75 Å². The Bertz CT molecular complexity index is 1480. The van der Waals surface area contributed by atoms with Crippen LogP contribution >= 0.6 is 23.4 Å². The van der Waals surface area contributed by atoms with Gasteiger partial charge < -0.3 is 10.1 Å². The van der Waals surface area contributed by atoms with E-state index in [-0.39, 0.29) is 17.4 Å². The maximum atomic E-state index is 12.7. The molecule has 0 radical (unpaired) electrons. The summed E-state index contributed by atoms with van der Waals surface area (Å²) in [6.07, 6.45) is 0. The molecule has 3 aromatic carbocycles. The zero-order chi connectivity index (χ0) is 26.4. The molecule has 0 saturated carbocycles. The number of pyridine rings is 1. The minimum absolute atomic E-state index is 0.0439. The monoisotopic (exact) mass is 527 g/mol. The molecule has 1 N–H and O–H groups in total. The Hall–Kier alpha value is -4.12. The molecule has 1 heterocycles. The Labute approximate surface area is 224 Å². The van der Waals surface area contributed by atoms with Crippen molar-refractivity contribution in [1.82, 2.24) is 4.98 Å². The quantitative estimate of drug-likeness (QED) is 0.198. The molecule has 184 valence electrons. The maximum absolute atomic E-state index is 12.7. The number of hydrogen-bond donors (Lipinski definition) is 1. The van der Waals surface area contributed by atoms with E-state index in [2.05, 4.69) is 11.4 Å². The molecule has 8 heteroatoms. The number of nitrogens with one attached hydrogen (secondary N) is 1. The Morgan fingerprint density at radius 1 is 1.00 bits per heavy atom. The number of carbonyl (C=O) groups is 2. The summed E-state index contributed by atoms with van der Waals surface area (Å²) in [6.45, 7) is 1.49. The molecule has 6 nitrogen and oxygen atoms in total. The van der Waals surface area contributed by atoms with Gasteiger partial charge in [-0.1, -0.05) is 35.5 Å². The molecule has 0 aliphatic carbocycles. The second kappa shape index (κ2) is 11.7. The normalized spacial score (nSPS) is 10.4. The van der Waals surface area contributed by atoms with E-state index in [1.54, 1.807) is 43.5 Å². The molecule has 4 rings (SSSR count). The first-order valence-electron chi connectivity index (χ1n) is 11.3. The number of hydrogen-bond acceptors (Lipinski definition) is 6. The molecule has 1 amide bonds. The number of thioether (sulfide) groups is 1. The lowest BCUT2D eigenvalue weighted by molar-refractivity contribution is -0.113. The van der Waals surface area contributed by atoms with Crippen LogP contribution in [0, 0.1) is 11.3 Å². The first kappa shape index (κ1) is 26.0. The van der Waals surface area contributed by atoms with Gasteiger partial charge in [-0.05, 0) is 79.2 Å².